The maximum absolute atomic E-state index is 12.9. The van der Waals surface area contributed by atoms with Crippen LogP contribution in [0.15, 0.2) is 63.0 Å². The number of aromatic nitrogens is 5. The Morgan fingerprint density at radius 3 is 2.44 bits per heavy atom. The fourth-order valence-corrected chi connectivity index (χ4v) is 5.53. The minimum absolute atomic E-state index is 0.181. The number of nitrogen functional groups attached to an aromatic ring is 1. The number of rotatable bonds is 9. The minimum Gasteiger partial charge on any atom is -0.420 e. The summed E-state index contributed by atoms with van der Waals surface area (Å²) >= 11 is 1.29. The van der Waals surface area contributed by atoms with Crippen LogP contribution in [0.3, 0.4) is 0 Å². The van der Waals surface area contributed by atoms with Gasteiger partial charge in [0.05, 0.1) is 10.6 Å². The van der Waals surface area contributed by atoms with Gasteiger partial charge in [0.2, 0.25) is 27.0 Å². The van der Waals surface area contributed by atoms with Gasteiger partial charge < -0.3 is 10.3 Å². The quantitative estimate of drug-likeness (QED) is 0.272. The van der Waals surface area contributed by atoms with Crippen LogP contribution in [0.25, 0.3) is 22.8 Å². The van der Waals surface area contributed by atoms with Gasteiger partial charge in [-0.15, -0.1) is 20.4 Å². The van der Waals surface area contributed by atoms with E-state index in [1.165, 1.54) is 20.7 Å². The third-order valence-corrected chi connectivity index (χ3v) is 8.16. The van der Waals surface area contributed by atoms with Crippen molar-refractivity contribution in [2.24, 2.45) is 0 Å². The molecule has 2 aromatic carbocycles. The molecular weight excluding hydrogens is 474 g/mol. The van der Waals surface area contributed by atoms with Crippen LogP contribution in [0.4, 0.5) is 0 Å². The molecule has 12 heteroatoms. The lowest BCUT2D eigenvalue weighted by Crippen LogP contribution is -2.30. The standard InChI is InChI=1S/C22H25N7O3S2/c1-4-28(5-2)34(30,31)18-8-6-7-17(13-18)20-25-27-22(29(20)23)33-14-19-24-26-21(32-19)16-11-9-15(3)10-12-16/h6-13H,4-5,14,23H2,1-3H3. The molecule has 0 bridgehead atoms. The van der Waals surface area contributed by atoms with Gasteiger partial charge in [0.15, 0.2) is 5.82 Å². The maximum Gasteiger partial charge on any atom is 0.247 e. The van der Waals surface area contributed by atoms with Crippen molar-refractivity contribution in [3.05, 3.63) is 60.0 Å². The van der Waals surface area contributed by atoms with E-state index in [9.17, 15) is 8.42 Å². The fraction of sp³-hybridized carbons (Fsp3) is 0.273. The van der Waals surface area contributed by atoms with Gasteiger partial charge in [-0.3, -0.25) is 0 Å². The van der Waals surface area contributed by atoms with Crippen molar-refractivity contribution in [3.63, 3.8) is 0 Å². The monoisotopic (exact) mass is 499 g/mol. The van der Waals surface area contributed by atoms with E-state index in [0.29, 0.717) is 47.2 Å². The van der Waals surface area contributed by atoms with E-state index in [1.807, 2.05) is 31.2 Å². The Hall–Kier alpha value is -3.22. The maximum atomic E-state index is 12.9. The molecule has 0 amide bonds. The van der Waals surface area contributed by atoms with Gasteiger partial charge in [0.25, 0.3) is 0 Å². The second-order valence-electron chi connectivity index (χ2n) is 7.45. The summed E-state index contributed by atoms with van der Waals surface area (Å²) in [5.74, 6) is 7.80. The van der Waals surface area contributed by atoms with Gasteiger partial charge in [-0.05, 0) is 31.2 Å². The lowest BCUT2D eigenvalue weighted by molar-refractivity contribution is 0.445. The summed E-state index contributed by atoms with van der Waals surface area (Å²) in [6.07, 6.45) is 0. The molecule has 34 heavy (non-hydrogen) atoms. The first kappa shape index (κ1) is 23.9. The molecule has 0 radical (unpaired) electrons. The van der Waals surface area contributed by atoms with Crippen LogP contribution < -0.4 is 5.84 Å². The van der Waals surface area contributed by atoms with Gasteiger partial charge in [-0.1, -0.05) is 55.4 Å². The molecule has 4 rings (SSSR count). The molecule has 2 N–H and O–H groups in total. The Balaban J connectivity index is 1.50. The summed E-state index contributed by atoms with van der Waals surface area (Å²) in [7, 11) is -3.60. The molecule has 0 aliphatic heterocycles. The molecular formula is C22H25N7O3S2. The Labute approximate surface area is 202 Å². The Bertz CT molecular complexity index is 1380. The second kappa shape index (κ2) is 9.95. The van der Waals surface area contributed by atoms with Crippen LogP contribution in [-0.2, 0) is 15.8 Å². The van der Waals surface area contributed by atoms with Crippen LogP contribution >= 0.6 is 11.8 Å². The van der Waals surface area contributed by atoms with Gasteiger partial charge in [-0.2, -0.15) is 4.31 Å². The zero-order chi connectivity index (χ0) is 24.3. The molecule has 2 aromatic heterocycles. The zero-order valence-corrected chi connectivity index (χ0v) is 20.7. The molecule has 178 valence electrons. The number of hydrogen-bond acceptors (Lipinski definition) is 9. The smallest absolute Gasteiger partial charge is 0.247 e. The normalized spacial score (nSPS) is 11.9. The predicted molar refractivity (Wildman–Crippen MR) is 130 cm³/mol. The van der Waals surface area contributed by atoms with E-state index in [4.69, 9.17) is 10.3 Å². The average Bonchev–Trinajstić information content (AvgIpc) is 3.45. The third-order valence-electron chi connectivity index (χ3n) is 5.19. The molecule has 4 aromatic rings. The van der Waals surface area contributed by atoms with Crippen molar-refractivity contribution in [1.82, 2.24) is 29.4 Å². The molecule has 2 heterocycles. The number of sulfonamides is 1. The van der Waals surface area contributed by atoms with Crippen molar-refractivity contribution < 1.29 is 12.8 Å². The number of nitrogens with two attached hydrogens (primary N) is 1. The first-order valence-electron chi connectivity index (χ1n) is 10.7. The first-order valence-corrected chi connectivity index (χ1v) is 13.1. The van der Waals surface area contributed by atoms with Gasteiger partial charge in [-0.25, -0.2) is 13.1 Å². The van der Waals surface area contributed by atoms with Crippen LogP contribution in [0, 0.1) is 6.92 Å². The van der Waals surface area contributed by atoms with Crippen molar-refractivity contribution in [1.29, 1.82) is 0 Å². The molecule has 0 saturated carbocycles. The summed E-state index contributed by atoms with van der Waals surface area (Å²) in [6.45, 7) is 6.39. The van der Waals surface area contributed by atoms with Crippen molar-refractivity contribution >= 4 is 21.8 Å². The van der Waals surface area contributed by atoms with Crippen LogP contribution in [0.5, 0.6) is 0 Å². The summed E-state index contributed by atoms with van der Waals surface area (Å²) in [4.78, 5) is 0.181. The Morgan fingerprint density at radius 2 is 1.74 bits per heavy atom. The van der Waals surface area contributed by atoms with Crippen molar-refractivity contribution in [2.45, 2.75) is 36.6 Å². The molecule has 0 atom stereocenters. The lowest BCUT2D eigenvalue weighted by Gasteiger charge is -2.18. The van der Waals surface area contributed by atoms with Gasteiger partial charge >= 0.3 is 0 Å². The summed E-state index contributed by atoms with van der Waals surface area (Å²) in [6, 6.07) is 14.3. The van der Waals surface area contributed by atoms with Crippen molar-refractivity contribution in [3.8, 4) is 22.8 Å². The van der Waals surface area contributed by atoms with E-state index < -0.39 is 10.0 Å². The SMILES string of the molecule is CCN(CC)S(=O)(=O)c1cccc(-c2nnc(SCc3nnc(-c4ccc(C)cc4)o3)n2N)c1. The lowest BCUT2D eigenvalue weighted by atomic mass is 10.1. The number of aryl methyl sites for hydroxylation is 1. The highest BCUT2D eigenvalue weighted by molar-refractivity contribution is 7.98. The van der Waals surface area contributed by atoms with Crippen LogP contribution in [-0.4, -0.2) is 50.9 Å². The molecule has 0 aliphatic rings. The summed E-state index contributed by atoms with van der Waals surface area (Å²) in [5, 5.41) is 16.9. The number of benzene rings is 2. The van der Waals surface area contributed by atoms with Crippen LogP contribution in [0.2, 0.25) is 0 Å². The second-order valence-corrected chi connectivity index (χ2v) is 10.3. The van der Waals surface area contributed by atoms with E-state index in [2.05, 4.69) is 20.4 Å². The molecule has 0 aliphatic carbocycles. The minimum atomic E-state index is -3.60. The predicted octanol–water partition coefficient (Wildman–Crippen LogP) is 3.34. The van der Waals surface area contributed by atoms with E-state index in [0.717, 1.165) is 11.1 Å². The highest BCUT2D eigenvalue weighted by Crippen LogP contribution is 2.27. The fourth-order valence-electron chi connectivity index (χ4n) is 3.33. The largest absolute Gasteiger partial charge is 0.420 e. The number of nitrogens with zero attached hydrogens (tertiary/aromatic N) is 6. The zero-order valence-electron chi connectivity index (χ0n) is 19.0. The van der Waals surface area contributed by atoms with E-state index in [1.54, 1.807) is 38.1 Å². The van der Waals surface area contributed by atoms with E-state index >= 15 is 0 Å². The molecule has 0 fully saturated rings. The molecule has 0 spiro atoms. The summed E-state index contributed by atoms with van der Waals surface area (Å²) in [5.41, 5.74) is 2.54. The topological polar surface area (TPSA) is 133 Å². The highest BCUT2D eigenvalue weighted by atomic mass is 32.2. The third kappa shape index (κ3) is 4.83. The van der Waals surface area contributed by atoms with Gasteiger partial charge in [0, 0.05) is 24.2 Å². The van der Waals surface area contributed by atoms with Gasteiger partial charge in [0.1, 0.15) is 0 Å². The van der Waals surface area contributed by atoms with Crippen molar-refractivity contribution in [2.75, 3.05) is 18.9 Å². The van der Waals surface area contributed by atoms with E-state index in [-0.39, 0.29) is 4.90 Å². The molecule has 10 nitrogen and oxygen atoms in total. The molecule has 0 unspecified atom stereocenters. The first-order chi connectivity index (χ1) is 16.3. The number of hydrogen-bond donors (Lipinski definition) is 1. The Morgan fingerprint density at radius 1 is 1.00 bits per heavy atom. The summed E-state index contributed by atoms with van der Waals surface area (Å²) < 4.78 is 34.2. The Kier molecular flexibility index (Phi) is 7.00. The number of thioether (sulfide) groups is 1. The molecule has 0 saturated heterocycles. The highest BCUT2D eigenvalue weighted by Gasteiger charge is 2.23. The van der Waals surface area contributed by atoms with Crippen LogP contribution in [0.1, 0.15) is 25.3 Å². The average molecular weight is 500 g/mol.